The topological polar surface area (TPSA) is 72.5 Å². The highest BCUT2D eigenvalue weighted by Crippen LogP contribution is 2.32. The van der Waals surface area contributed by atoms with E-state index < -0.39 is 0 Å². The van der Waals surface area contributed by atoms with Crippen molar-refractivity contribution in [1.29, 1.82) is 0 Å². The van der Waals surface area contributed by atoms with Gasteiger partial charge in [-0.25, -0.2) is 4.98 Å². The predicted octanol–water partition coefficient (Wildman–Crippen LogP) is 1.84. The van der Waals surface area contributed by atoms with Crippen molar-refractivity contribution in [2.45, 2.75) is 6.54 Å². The third kappa shape index (κ3) is 2.53. The largest absolute Gasteiger partial charge is 0.454 e. The Morgan fingerprint density at radius 1 is 1.40 bits per heavy atom. The van der Waals surface area contributed by atoms with Crippen LogP contribution in [0.1, 0.15) is 16.1 Å². The second kappa shape index (κ2) is 5.38. The number of rotatable bonds is 4. The van der Waals surface area contributed by atoms with Gasteiger partial charge < -0.3 is 20.1 Å². The maximum absolute atomic E-state index is 12.0. The van der Waals surface area contributed by atoms with Gasteiger partial charge in [-0.15, -0.1) is 11.3 Å². The van der Waals surface area contributed by atoms with E-state index in [-0.39, 0.29) is 12.7 Å². The number of hydrogen-bond donors (Lipinski definition) is 2. The molecule has 0 aliphatic carbocycles. The van der Waals surface area contributed by atoms with Crippen molar-refractivity contribution in [3.63, 3.8) is 0 Å². The molecule has 3 rings (SSSR count). The van der Waals surface area contributed by atoms with Gasteiger partial charge in [0.05, 0.1) is 12.2 Å². The van der Waals surface area contributed by atoms with Crippen molar-refractivity contribution in [2.75, 3.05) is 19.2 Å². The van der Waals surface area contributed by atoms with E-state index in [1.54, 1.807) is 18.2 Å². The molecule has 0 fully saturated rings. The first-order valence-corrected chi connectivity index (χ1v) is 6.94. The molecule has 2 N–H and O–H groups in total. The van der Waals surface area contributed by atoms with Gasteiger partial charge in [0, 0.05) is 18.0 Å². The Balaban J connectivity index is 1.64. The number of hydrogen-bond acceptors (Lipinski definition) is 6. The standard InChI is InChI=1S/C13H13N3O3S/c1-14-13-16-9(6-20-13)5-15-12(17)8-2-3-10-11(4-8)19-7-18-10/h2-4,6H,5,7H2,1H3,(H,14,16)(H,15,17). The van der Waals surface area contributed by atoms with E-state index in [1.165, 1.54) is 11.3 Å². The lowest BCUT2D eigenvalue weighted by Crippen LogP contribution is -2.22. The summed E-state index contributed by atoms with van der Waals surface area (Å²) in [6, 6.07) is 5.12. The first kappa shape index (κ1) is 12.7. The molecule has 20 heavy (non-hydrogen) atoms. The van der Waals surface area contributed by atoms with Crippen molar-refractivity contribution < 1.29 is 14.3 Å². The molecule has 1 aromatic carbocycles. The first-order chi connectivity index (χ1) is 9.76. The van der Waals surface area contributed by atoms with Crippen LogP contribution in [0.15, 0.2) is 23.6 Å². The second-order valence-electron chi connectivity index (χ2n) is 4.14. The van der Waals surface area contributed by atoms with Gasteiger partial charge in [0.25, 0.3) is 5.91 Å². The fraction of sp³-hybridized carbons (Fsp3) is 0.231. The van der Waals surface area contributed by atoms with E-state index in [2.05, 4.69) is 15.6 Å². The molecule has 6 nitrogen and oxygen atoms in total. The van der Waals surface area contributed by atoms with E-state index >= 15 is 0 Å². The first-order valence-electron chi connectivity index (χ1n) is 6.06. The predicted molar refractivity (Wildman–Crippen MR) is 75.4 cm³/mol. The summed E-state index contributed by atoms with van der Waals surface area (Å²) in [5.41, 5.74) is 1.37. The van der Waals surface area contributed by atoms with E-state index in [4.69, 9.17) is 9.47 Å². The van der Waals surface area contributed by atoms with E-state index in [0.29, 0.717) is 23.6 Å². The average molecular weight is 291 g/mol. The Hall–Kier alpha value is -2.28. The summed E-state index contributed by atoms with van der Waals surface area (Å²) in [5.74, 6) is 1.10. The second-order valence-corrected chi connectivity index (χ2v) is 5.00. The number of amides is 1. The van der Waals surface area contributed by atoms with Crippen molar-refractivity contribution in [1.82, 2.24) is 10.3 Å². The monoisotopic (exact) mass is 291 g/mol. The van der Waals surface area contributed by atoms with Crippen molar-refractivity contribution >= 4 is 22.4 Å². The van der Waals surface area contributed by atoms with Crippen molar-refractivity contribution in [2.24, 2.45) is 0 Å². The molecule has 0 bridgehead atoms. The molecule has 0 radical (unpaired) electrons. The molecule has 1 amide bonds. The van der Waals surface area contributed by atoms with Crippen molar-refractivity contribution in [3.8, 4) is 11.5 Å². The number of ether oxygens (including phenoxy) is 2. The smallest absolute Gasteiger partial charge is 0.251 e. The molecule has 0 unspecified atom stereocenters. The van der Waals surface area contributed by atoms with Crippen LogP contribution in [0.5, 0.6) is 11.5 Å². The summed E-state index contributed by atoms with van der Waals surface area (Å²) >= 11 is 1.50. The number of carbonyl (C=O) groups is 1. The maximum atomic E-state index is 12.0. The summed E-state index contributed by atoms with van der Waals surface area (Å²) in [6.07, 6.45) is 0. The van der Waals surface area contributed by atoms with Crippen LogP contribution >= 0.6 is 11.3 Å². The third-order valence-corrected chi connectivity index (χ3v) is 3.74. The number of benzene rings is 1. The Morgan fingerprint density at radius 3 is 3.05 bits per heavy atom. The van der Waals surface area contributed by atoms with Crippen LogP contribution in [0, 0.1) is 0 Å². The van der Waals surface area contributed by atoms with E-state index in [0.717, 1.165) is 10.8 Å². The van der Waals surface area contributed by atoms with Crippen LogP contribution in [-0.2, 0) is 6.54 Å². The lowest BCUT2D eigenvalue weighted by molar-refractivity contribution is 0.0950. The zero-order valence-electron chi connectivity index (χ0n) is 10.8. The van der Waals surface area contributed by atoms with Crippen LogP contribution in [0.2, 0.25) is 0 Å². The Labute approximate surface area is 119 Å². The number of fused-ring (bicyclic) bond motifs is 1. The maximum Gasteiger partial charge on any atom is 0.251 e. The third-order valence-electron chi connectivity index (χ3n) is 2.83. The van der Waals surface area contributed by atoms with E-state index in [1.807, 2.05) is 12.4 Å². The molecule has 2 aromatic rings. The molecular formula is C13H13N3O3S. The minimum absolute atomic E-state index is 0.165. The minimum atomic E-state index is -0.165. The van der Waals surface area contributed by atoms with Crippen LogP contribution in [0.4, 0.5) is 5.13 Å². The molecule has 1 aliphatic heterocycles. The highest BCUT2D eigenvalue weighted by molar-refractivity contribution is 7.13. The lowest BCUT2D eigenvalue weighted by atomic mass is 10.2. The number of nitrogens with zero attached hydrogens (tertiary/aromatic N) is 1. The Morgan fingerprint density at radius 2 is 2.25 bits per heavy atom. The normalized spacial score (nSPS) is 12.2. The van der Waals surface area contributed by atoms with Gasteiger partial charge in [0.1, 0.15) is 0 Å². The zero-order chi connectivity index (χ0) is 13.9. The molecule has 1 aliphatic rings. The highest BCUT2D eigenvalue weighted by Gasteiger charge is 2.16. The number of anilines is 1. The van der Waals surface area contributed by atoms with Gasteiger partial charge in [-0.05, 0) is 18.2 Å². The number of nitrogens with one attached hydrogen (secondary N) is 2. The summed E-state index contributed by atoms with van der Waals surface area (Å²) in [7, 11) is 1.81. The molecule has 0 saturated heterocycles. The zero-order valence-corrected chi connectivity index (χ0v) is 11.6. The number of carbonyl (C=O) groups excluding carboxylic acids is 1. The quantitative estimate of drug-likeness (QED) is 0.899. The lowest BCUT2D eigenvalue weighted by Gasteiger charge is -2.04. The summed E-state index contributed by atoms with van der Waals surface area (Å²) in [4.78, 5) is 16.3. The fourth-order valence-electron chi connectivity index (χ4n) is 1.81. The Kier molecular flexibility index (Phi) is 3.42. The van der Waals surface area contributed by atoms with Crippen molar-refractivity contribution in [3.05, 3.63) is 34.8 Å². The average Bonchev–Trinajstić information content (AvgIpc) is 3.12. The molecule has 0 saturated carbocycles. The molecule has 7 heteroatoms. The van der Waals surface area contributed by atoms with Crippen LogP contribution in [0.25, 0.3) is 0 Å². The summed E-state index contributed by atoms with van der Waals surface area (Å²) in [5, 5.41) is 8.52. The molecular weight excluding hydrogens is 278 g/mol. The van der Waals surface area contributed by atoms with Gasteiger partial charge >= 0.3 is 0 Å². The van der Waals surface area contributed by atoms with Gasteiger partial charge in [-0.1, -0.05) is 0 Å². The number of aromatic nitrogens is 1. The minimum Gasteiger partial charge on any atom is -0.454 e. The van der Waals surface area contributed by atoms with Crippen LogP contribution < -0.4 is 20.1 Å². The fourth-order valence-corrected chi connectivity index (χ4v) is 2.49. The molecule has 104 valence electrons. The Bertz CT molecular complexity index is 642. The van der Waals surface area contributed by atoms with Gasteiger partial charge in [0.15, 0.2) is 16.6 Å². The summed E-state index contributed by atoms with van der Waals surface area (Å²) < 4.78 is 10.5. The highest BCUT2D eigenvalue weighted by atomic mass is 32.1. The summed E-state index contributed by atoms with van der Waals surface area (Å²) in [6.45, 7) is 0.595. The molecule has 1 aromatic heterocycles. The molecule has 0 atom stereocenters. The molecule has 0 spiro atoms. The van der Waals surface area contributed by atoms with E-state index in [9.17, 15) is 4.79 Å². The van der Waals surface area contributed by atoms with Gasteiger partial charge in [0.2, 0.25) is 6.79 Å². The number of thiazole rings is 1. The van der Waals surface area contributed by atoms with Gasteiger partial charge in [-0.2, -0.15) is 0 Å². The van der Waals surface area contributed by atoms with Gasteiger partial charge in [-0.3, -0.25) is 4.79 Å². The van der Waals surface area contributed by atoms with Crippen LogP contribution in [0.3, 0.4) is 0 Å². The molecule has 2 heterocycles. The van der Waals surface area contributed by atoms with Crippen LogP contribution in [-0.4, -0.2) is 24.7 Å². The SMILES string of the molecule is CNc1nc(CNC(=O)c2ccc3c(c2)OCO3)cs1.